The van der Waals surface area contributed by atoms with Crippen LogP contribution in [0.5, 0.6) is 5.75 Å². The van der Waals surface area contributed by atoms with Crippen LogP contribution in [-0.4, -0.2) is 17.2 Å². The first-order valence-corrected chi connectivity index (χ1v) is 7.86. The van der Waals surface area contributed by atoms with E-state index < -0.39 is 0 Å². The van der Waals surface area contributed by atoms with E-state index in [9.17, 15) is 5.11 Å². The maximum absolute atomic E-state index is 9.49. The minimum atomic E-state index is 0.136. The van der Waals surface area contributed by atoms with E-state index in [1.165, 1.54) is 11.1 Å². The average Bonchev–Trinajstić information content (AvgIpc) is 2.48. The molecule has 0 unspecified atom stereocenters. The molecule has 0 amide bonds. The largest absolute Gasteiger partial charge is 0.508 e. The van der Waals surface area contributed by atoms with E-state index in [1.807, 2.05) is 18.2 Å². The van der Waals surface area contributed by atoms with Gasteiger partial charge in [0.1, 0.15) is 5.75 Å². The van der Waals surface area contributed by atoms with Gasteiger partial charge in [0, 0.05) is 11.5 Å². The number of phenols is 1. The Morgan fingerprint density at radius 2 is 1.55 bits per heavy atom. The highest BCUT2D eigenvalue weighted by Gasteiger charge is 2.15. The van der Waals surface area contributed by atoms with Gasteiger partial charge in [-0.3, -0.25) is 0 Å². The quantitative estimate of drug-likeness (QED) is 0.769. The molecule has 0 spiro atoms. The molecular weight excluding hydrogens is 270 g/mol. The highest BCUT2D eigenvalue weighted by atomic mass is 16.3. The summed E-state index contributed by atoms with van der Waals surface area (Å²) in [6.45, 7) is 7.42. The number of hydrogen-bond donors (Lipinski definition) is 2. The molecule has 2 aromatic carbocycles. The summed E-state index contributed by atoms with van der Waals surface area (Å²) in [5.74, 6) is 0.637. The van der Waals surface area contributed by atoms with Gasteiger partial charge in [-0.2, -0.15) is 0 Å². The van der Waals surface area contributed by atoms with Crippen LogP contribution < -0.4 is 5.32 Å². The van der Waals surface area contributed by atoms with Crippen molar-refractivity contribution >= 4 is 0 Å². The van der Waals surface area contributed by atoms with Gasteiger partial charge in [0.25, 0.3) is 0 Å². The van der Waals surface area contributed by atoms with Crippen LogP contribution in [0.4, 0.5) is 0 Å². The van der Waals surface area contributed by atoms with Gasteiger partial charge in [-0.25, -0.2) is 0 Å². The predicted octanol–water partition coefficient (Wildman–Crippen LogP) is 4.51. The van der Waals surface area contributed by atoms with E-state index in [2.05, 4.69) is 56.8 Å². The smallest absolute Gasteiger partial charge is 0.115 e. The van der Waals surface area contributed by atoms with E-state index >= 15 is 0 Å². The molecule has 0 bridgehead atoms. The fraction of sp³-hybridized carbons (Fsp3) is 0.350. The second kappa shape index (κ2) is 7.46. The van der Waals surface area contributed by atoms with Crippen molar-refractivity contribution in [2.45, 2.75) is 38.6 Å². The Morgan fingerprint density at radius 1 is 0.955 bits per heavy atom. The summed E-state index contributed by atoms with van der Waals surface area (Å²) in [5, 5.41) is 13.0. The molecule has 22 heavy (non-hydrogen) atoms. The summed E-state index contributed by atoms with van der Waals surface area (Å²) in [7, 11) is 0. The summed E-state index contributed by atoms with van der Waals surface area (Å²) >= 11 is 0. The van der Waals surface area contributed by atoms with Crippen LogP contribution in [0.1, 0.15) is 44.2 Å². The van der Waals surface area contributed by atoms with Crippen LogP contribution in [-0.2, 0) is 0 Å². The van der Waals surface area contributed by atoms with Crippen LogP contribution in [0.15, 0.2) is 54.6 Å². The molecule has 2 rings (SSSR count). The summed E-state index contributed by atoms with van der Waals surface area (Å²) in [6, 6.07) is 18.1. The zero-order valence-corrected chi connectivity index (χ0v) is 13.7. The van der Waals surface area contributed by atoms with Crippen LogP contribution in [0, 0.1) is 6.42 Å². The van der Waals surface area contributed by atoms with Gasteiger partial charge >= 0.3 is 0 Å². The third kappa shape index (κ3) is 5.19. The van der Waals surface area contributed by atoms with Crippen molar-refractivity contribution in [1.82, 2.24) is 5.32 Å². The van der Waals surface area contributed by atoms with Crippen molar-refractivity contribution in [1.29, 1.82) is 0 Å². The molecule has 0 saturated carbocycles. The Kier molecular flexibility index (Phi) is 5.62. The zero-order chi connectivity index (χ0) is 16.0. The number of rotatable bonds is 6. The second-order valence-electron chi connectivity index (χ2n) is 6.71. The summed E-state index contributed by atoms with van der Waals surface area (Å²) in [4.78, 5) is 0. The first kappa shape index (κ1) is 16.6. The van der Waals surface area contributed by atoms with Gasteiger partial charge in [0.2, 0.25) is 0 Å². The highest BCUT2D eigenvalue weighted by molar-refractivity contribution is 5.35. The van der Waals surface area contributed by atoms with E-state index in [-0.39, 0.29) is 5.54 Å². The lowest BCUT2D eigenvalue weighted by Gasteiger charge is -2.22. The third-order valence-electron chi connectivity index (χ3n) is 3.68. The SMILES string of the molecule is CC(C)(C)NC[CH]C[C@@H](c1ccccc1)c1ccc(O)cc1. The Hall–Kier alpha value is -1.80. The number of nitrogens with one attached hydrogen (secondary N) is 1. The molecule has 0 aliphatic heterocycles. The van der Waals surface area contributed by atoms with Crippen molar-refractivity contribution in [3.63, 3.8) is 0 Å². The number of aromatic hydroxyl groups is 1. The maximum Gasteiger partial charge on any atom is 0.115 e. The molecular formula is C20H26NO. The molecule has 0 aromatic heterocycles. The minimum Gasteiger partial charge on any atom is -0.508 e. The third-order valence-corrected chi connectivity index (χ3v) is 3.68. The van der Waals surface area contributed by atoms with Gasteiger partial charge in [-0.1, -0.05) is 42.5 Å². The molecule has 0 heterocycles. The summed E-state index contributed by atoms with van der Waals surface area (Å²) in [5.41, 5.74) is 2.67. The second-order valence-corrected chi connectivity index (χ2v) is 6.71. The maximum atomic E-state index is 9.49. The lowest BCUT2D eigenvalue weighted by Crippen LogP contribution is -2.36. The molecule has 0 aliphatic rings. The van der Waals surface area contributed by atoms with Crippen LogP contribution in [0.2, 0.25) is 0 Å². The molecule has 0 fully saturated rings. The fourth-order valence-corrected chi connectivity index (χ4v) is 2.48. The normalized spacial score (nSPS) is 13.0. The van der Waals surface area contributed by atoms with E-state index in [1.54, 1.807) is 12.1 Å². The number of hydrogen-bond acceptors (Lipinski definition) is 2. The molecule has 2 nitrogen and oxygen atoms in total. The first-order valence-electron chi connectivity index (χ1n) is 7.86. The lowest BCUT2D eigenvalue weighted by molar-refractivity contribution is 0.439. The van der Waals surface area contributed by atoms with Crippen molar-refractivity contribution in [2.75, 3.05) is 6.54 Å². The topological polar surface area (TPSA) is 32.3 Å². The summed E-state index contributed by atoms with van der Waals surface area (Å²) in [6.07, 6.45) is 3.27. The van der Waals surface area contributed by atoms with Crippen molar-refractivity contribution in [3.8, 4) is 5.75 Å². The average molecular weight is 296 g/mol. The number of phenolic OH excluding ortho intramolecular Hbond substituents is 1. The Morgan fingerprint density at radius 3 is 2.14 bits per heavy atom. The molecule has 0 saturated heterocycles. The Bertz CT molecular complexity index is 555. The van der Waals surface area contributed by atoms with Crippen LogP contribution >= 0.6 is 0 Å². The Labute approximate surface area is 134 Å². The Balaban J connectivity index is 2.07. The first-order chi connectivity index (χ1) is 10.5. The van der Waals surface area contributed by atoms with Gasteiger partial charge < -0.3 is 10.4 Å². The minimum absolute atomic E-state index is 0.136. The summed E-state index contributed by atoms with van der Waals surface area (Å²) < 4.78 is 0. The van der Waals surface area contributed by atoms with Crippen LogP contribution in [0.25, 0.3) is 0 Å². The van der Waals surface area contributed by atoms with Crippen molar-refractivity contribution in [3.05, 3.63) is 72.1 Å². The van der Waals surface area contributed by atoms with Gasteiger partial charge in [0.05, 0.1) is 0 Å². The monoisotopic (exact) mass is 296 g/mol. The molecule has 2 N–H and O–H groups in total. The van der Waals surface area contributed by atoms with E-state index in [0.717, 1.165) is 13.0 Å². The molecule has 117 valence electrons. The molecule has 1 atom stereocenters. The van der Waals surface area contributed by atoms with Gasteiger partial charge in [-0.15, -0.1) is 0 Å². The lowest BCUT2D eigenvalue weighted by atomic mass is 9.87. The van der Waals surface area contributed by atoms with E-state index in [0.29, 0.717) is 11.7 Å². The van der Waals surface area contributed by atoms with Gasteiger partial charge in [-0.05, 0) is 63.4 Å². The molecule has 2 aromatic rings. The van der Waals surface area contributed by atoms with Crippen molar-refractivity contribution in [2.24, 2.45) is 0 Å². The molecule has 1 radical (unpaired) electrons. The van der Waals surface area contributed by atoms with Crippen molar-refractivity contribution < 1.29 is 5.11 Å². The zero-order valence-electron chi connectivity index (χ0n) is 13.7. The van der Waals surface area contributed by atoms with Crippen LogP contribution in [0.3, 0.4) is 0 Å². The highest BCUT2D eigenvalue weighted by Crippen LogP contribution is 2.29. The molecule has 0 aliphatic carbocycles. The standard InChI is InChI=1S/C20H26NO/c1-20(2,3)21-15-7-10-19(16-8-5-4-6-9-16)17-11-13-18(22)14-12-17/h4-9,11-14,19,21-22H,10,15H2,1-3H3/t19-/m0/s1. The van der Waals surface area contributed by atoms with Gasteiger partial charge in [0.15, 0.2) is 0 Å². The molecule has 2 heteroatoms. The van der Waals surface area contributed by atoms with E-state index in [4.69, 9.17) is 0 Å². The number of benzene rings is 2. The fourth-order valence-electron chi connectivity index (χ4n) is 2.48. The predicted molar refractivity (Wildman–Crippen MR) is 93.1 cm³/mol.